The zero-order chi connectivity index (χ0) is 14.8. The van der Waals surface area contributed by atoms with Crippen LogP contribution < -0.4 is 0 Å². The van der Waals surface area contributed by atoms with Crippen molar-refractivity contribution in [3.8, 4) is 0 Å². The van der Waals surface area contributed by atoms with Crippen molar-refractivity contribution in [3.05, 3.63) is 0 Å². The lowest BCUT2D eigenvalue weighted by Gasteiger charge is -2.28. The molecule has 5 nitrogen and oxygen atoms in total. The summed E-state index contributed by atoms with van der Waals surface area (Å²) < 4.78 is 10.9. The zero-order valence-corrected chi connectivity index (χ0v) is 12.7. The van der Waals surface area contributed by atoms with Crippen molar-refractivity contribution < 1.29 is 19.1 Å². The first-order valence-electron chi connectivity index (χ1n) is 7.51. The van der Waals surface area contributed by atoms with E-state index in [1.165, 1.54) is 0 Å². The van der Waals surface area contributed by atoms with Crippen LogP contribution in [0.4, 0.5) is 0 Å². The molecule has 0 aromatic carbocycles. The molecule has 1 amide bonds. The predicted molar refractivity (Wildman–Crippen MR) is 74.2 cm³/mol. The van der Waals surface area contributed by atoms with Gasteiger partial charge in [0.05, 0.1) is 12.5 Å². The standard InChI is InChI=1S/C15H25NO4/c1-15(2,3)20-14(18)12-7-4-8-16(12)13(17)10-11-6-5-9-19-11/h11-12H,4-10H2,1-3H3/t11?,12-/m0/s1. The quantitative estimate of drug-likeness (QED) is 0.742. The van der Waals surface area contributed by atoms with Crippen molar-refractivity contribution >= 4 is 11.9 Å². The van der Waals surface area contributed by atoms with E-state index in [4.69, 9.17) is 9.47 Å². The van der Waals surface area contributed by atoms with Crippen LogP contribution in [0.3, 0.4) is 0 Å². The van der Waals surface area contributed by atoms with E-state index in [0.29, 0.717) is 19.4 Å². The zero-order valence-electron chi connectivity index (χ0n) is 12.7. The molecule has 2 aliphatic rings. The molecule has 2 aliphatic heterocycles. The Morgan fingerprint density at radius 1 is 1.25 bits per heavy atom. The minimum absolute atomic E-state index is 0.0188. The van der Waals surface area contributed by atoms with Gasteiger partial charge in [0.2, 0.25) is 5.91 Å². The first-order valence-corrected chi connectivity index (χ1v) is 7.51. The fourth-order valence-corrected chi connectivity index (χ4v) is 2.80. The Bertz CT molecular complexity index is 369. The normalized spacial score (nSPS) is 26.9. The van der Waals surface area contributed by atoms with Crippen molar-refractivity contribution in [1.82, 2.24) is 4.90 Å². The number of esters is 1. The van der Waals surface area contributed by atoms with Gasteiger partial charge in [-0.1, -0.05) is 0 Å². The molecule has 1 unspecified atom stereocenters. The van der Waals surface area contributed by atoms with E-state index in [9.17, 15) is 9.59 Å². The number of likely N-dealkylation sites (tertiary alicyclic amines) is 1. The Kier molecular flexibility index (Phi) is 4.68. The minimum atomic E-state index is -0.511. The van der Waals surface area contributed by atoms with Gasteiger partial charge in [0.15, 0.2) is 0 Å². The van der Waals surface area contributed by atoms with Crippen molar-refractivity contribution in [2.24, 2.45) is 0 Å². The molecule has 2 atom stereocenters. The molecule has 0 aromatic heterocycles. The second-order valence-electron chi connectivity index (χ2n) is 6.62. The smallest absolute Gasteiger partial charge is 0.329 e. The lowest BCUT2D eigenvalue weighted by molar-refractivity contribution is -0.163. The summed E-state index contributed by atoms with van der Waals surface area (Å²) in [7, 11) is 0. The van der Waals surface area contributed by atoms with Gasteiger partial charge in [0, 0.05) is 13.2 Å². The number of carbonyl (C=O) groups is 2. The van der Waals surface area contributed by atoms with Crippen molar-refractivity contribution in [3.63, 3.8) is 0 Å². The summed E-state index contributed by atoms with van der Waals surface area (Å²) in [6.07, 6.45) is 3.94. The molecule has 0 bridgehead atoms. The number of rotatable bonds is 3. The maximum atomic E-state index is 12.3. The number of hydrogen-bond acceptors (Lipinski definition) is 4. The Hall–Kier alpha value is -1.10. The highest BCUT2D eigenvalue weighted by molar-refractivity contribution is 5.85. The Balaban J connectivity index is 1.92. The molecule has 0 spiro atoms. The molecule has 2 saturated heterocycles. The maximum absolute atomic E-state index is 12.3. The summed E-state index contributed by atoms with van der Waals surface area (Å²) in [6, 6.07) is -0.414. The van der Waals surface area contributed by atoms with E-state index in [0.717, 1.165) is 25.9 Å². The molecule has 2 rings (SSSR count). The summed E-state index contributed by atoms with van der Waals surface area (Å²) in [5.74, 6) is -0.263. The van der Waals surface area contributed by atoms with Gasteiger partial charge in [-0.05, 0) is 46.5 Å². The average Bonchev–Trinajstić information content (AvgIpc) is 2.96. The van der Waals surface area contributed by atoms with Crippen LogP contribution in [-0.2, 0) is 19.1 Å². The van der Waals surface area contributed by atoms with E-state index in [-0.39, 0.29) is 18.0 Å². The summed E-state index contributed by atoms with van der Waals surface area (Å²) >= 11 is 0. The molecule has 0 aromatic rings. The highest BCUT2D eigenvalue weighted by Gasteiger charge is 2.37. The fourth-order valence-electron chi connectivity index (χ4n) is 2.80. The molecule has 114 valence electrons. The van der Waals surface area contributed by atoms with Crippen LogP contribution in [0.5, 0.6) is 0 Å². The van der Waals surface area contributed by atoms with Gasteiger partial charge >= 0.3 is 5.97 Å². The van der Waals surface area contributed by atoms with Gasteiger partial charge in [-0.15, -0.1) is 0 Å². The van der Waals surface area contributed by atoms with E-state index >= 15 is 0 Å². The number of hydrogen-bond donors (Lipinski definition) is 0. The van der Waals surface area contributed by atoms with Crippen molar-refractivity contribution in [1.29, 1.82) is 0 Å². The van der Waals surface area contributed by atoms with Crippen LogP contribution in [0, 0.1) is 0 Å². The average molecular weight is 283 g/mol. The van der Waals surface area contributed by atoms with Crippen LogP contribution in [0.15, 0.2) is 0 Å². The Morgan fingerprint density at radius 2 is 2.00 bits per heavy atom. The van der Waals surface area contributed by atoms with Gasteiger partial charge in [-0.25, -0.2) is 4.79 Å². The van der Waals surface area contributed by atoms with Gasteiger partial charge in [-0.2, -0.15) is 0 Å². The molecule has 0 saturated carbocycles. The first-order chi connectivity index (χ1) is 9.37. The molecule has 2 heterocycles. The fraction of sp³-hybridized carbons (Fsp3) is 0.867. The molecule has 0 radical (unpaired) electrons. The second-order valence-corrected chi connectivity index (χ2v) is 6.62. The van der Waals surface area contributed by atoms with Gasteiger partial charge in [-0.3, -0.25) is 4.79 Å². The molecule has 0 aliphatic carbocycles. The Morgan fingerprint density at radius 3 is 2.60 bits per heavy atom. The molecule has 0 N–H and O–H groups in total. The van der Waals surface area contributed by atoms with Crippen LogP contribution in [0.25, 0.3) is 0 Å². The lowest BCUT2D eigenvalue weighted by atomic mass is 10.1. The first kappa shape index (κ1) is 15.3. The molecule has 2 fully saturated rings. The third kappa shape index (κ3) is 3.95. The largest absolute Gasteiger partial charge is 0.458 e. The Labute approximate surface area is 120 Å². The third-order valence-corrected chi connectivity index (χ3v) is 3.68. The topological polar surface area (TPSA) is 55.8 Å². The van der Waals surface area contributed by atoms with Gasteiger partial charge < -0.3 is 14.4 Å². The molecular formula is C15H25NO4. The maximum Gasteiger partial charge on any atom is 0.329 e. The third-order valence-electron chi connectivity index (χ3n) is 3.68. The lowest BCUT2D eigenvalue weighted by Crippen LogP contribution is -2.44. The summed E-state index contributed by atoms with van der Waals surface area (Å²) in [5, 5.41) is 0. The summed E-state index contributed by atoms with van der Waals surface area (Å²) in [4.78, 5) is 26.2. The highest BCUT2D eigenvalue weighted by Crippen LogP contribution is 2.24. The van der Waals surface area contributed by atoms with Crippen LogP contribution >= 0.6 is 0 Å². The predicted octanol–water partition coefficient (Wildman–Crippen LogP) is 1.89. The van der Waals surface area contributed by atoms with Crippen LogP contribution in [0.2, 0.25) is 0 Å². The number of ether oxygens (including phenoxy) is 2. The number of carbonyl (C=O) groups excluding carboxylic acids is 2. The van der Waals surface area contributed by atoms with Crippen molar-refractivity contribution in [2.75, 3.05) is 13.2 Å². The van der Waals surface area contributed by atoms with E-state index < -0.39 is 11.6 Å². The minimum Gasteiger partial charge on any atom is -0.458 e. The van der Waals surface area contributed by atoms with Gasteiger partial charge in [0.1, 0.15) is 11.6 Å². The molecular weight excluding hydrogens is 258 g/mol. The second kappa shape index (κ2) is 6.12. The SMILES string of the molecule is CC(C)(C)OC(=O)[C@@H]1CCCN1C(=O)CC1CCCO1. The number of amides is 1. The number of nitrogens with zero attached hydrogens (tertiary/aromatic N) is 1. The van der Waals surface area contributed by atoms with Crippen LogP contribution in [0.1, 0.15) is 52.9 Å². The van der Waals surface area contributed by atoms with Crippen LogP contribution in [-0.4, -0.2) is 47.7 Å². The monoisotopic (exact) mass is 283 g/mol. The van der Waals surface area contributed by atoms with Crippen molar-refractivity contribution in [2.45, 2.75) is 70.6 Å². The van der Waals surface area contributed by atoms with Gasteiger partial charge in [0.25, 0.3) is 0 Å². The van der Waals surface area contributed by atoms with E-state index in [1.54, 1.807) is 4.90 Å². The van der Waals surface area contributed by atoms with E-state index in [2.05, 4.69) is 0 Å². The highest BCUT2D eigenvalue weighted by atomic mass is 16.6. The summed E-state index contributed by atoms with van der Waals surface area (Å²) in [6.45, 7) is 6.93. The van der Waals surface area contributed by atoms with E-state index in [1.807, 2.05) is 20.8 Å². The molecule has 5 heteroatoms. The molecule has 20 heavy (non-hydrogen) atoms. The summed E-state index contributed by atoms with van der Waals surface area (Å²) in [5.41, 5.74) is -0.511.